The molecule has 4 heteroatoms. The van der Waals surface area contributed by atoms with Gasteiger partial charge in [0.15, 0.2) is 0 Å². The summed E-state index contributed by atoms with van der Waals surface area (Å²) in [5.74, 6) is 0. The highest BCUT2D eigenvalue weighted by Gasteiger charge is 2.30. The molecule has 0 aromatic heterocycles. The van der Waals surface area contributed by atoms with Crippen LogP contribution in [0.25, 0.3) is 0 Å². The van der Waals surface area contributed by atoms with Crippen LogP contribution in [0.2, 0.25) is 0 Å². The van der Waals surface area contributed by atoms with Crippen LogP contribution in [-0.4, -0.2) is 22.3 Å². The van der Waals surface area contributed by atoms with Gasteiger partial charge in [0.05, 0.1) is 0 Å². The number of thiocarbonyl (C=S) groups is 1. The average molecular weight is 256 g/mol. The Kier molecular flexibility index (Phi) is 5.04. The summed E-state index contributed by atoms with van der Waals surface area (Å²) >= 11 is 4.92. The fraction of sp³-hybridized carbons (Fsp3) is 0.923. The molecule has 2 saturated carbocycles. The molecule has 0 heterocycles. The monoisotopic (exact) mass is 256 g/mol. The summed E-state index contributed by atoms with van der Waals surface area (Å²) in [6, 6.07) is 1.07. The molecule has 3 nitrogen and oxygen atoms in total. The molecule has 2 aliphatic carbocycles. The predicted octanol–water partition coefficient (Wildman–Crippen LogP) is 3.13. The van der Waals surface area contributed by atoms with E-state index in [-0.39, 0.29) is 5.17 Å². The second kappa shape index (κ2) is 6.55. The third-order valence-corrected chi connectivity index (χ3v) is 4.14. The van der Waals surface area contributed by atoms with E-state index >= 15 is 0 Å². The smallest absolute Gasteiger partial charge is 0.276 e. The van der Waals surface area contributed by atoms with Gasteiger partial charge in [-0.3, -0.25) is 0 Å². The van der Waals surface area contributed by atoms with Gasteiger partial charge in [0.1, 0.15) is 0 Å². The predicted molar refractivity (Wildman–Crippen MR) is 73.5 cm³/mol. The average Bonchev–Trinajstić information content (AvgIpc) is 2.38. The Hall–Kier alpha value is -0.350. The van der Waals surface area contributed by atoms with E-state index in [4.69, 9.17) is 22.8 Å². The second-order valence-electron chi connectivity index (χ2n) is 5.35. The highest BCUT2D eigenvalue weighted by atomic mass is 32.1. The van der Waals surface area contributed by atoms with Gasteiger partial charge in [-0.15, -0.1) is 5.06 Å². The molecule has 17 heavy (non-hydrogen) atoms. The Labute approximate surface area is 110 Å². The fourth-order valence-corrected chi connectivity index (χ4v) is 3.31. The maximum Gasteiger partial charge on any atom is 0.276 e. The summed E-state index contributed by atoms with van der Waals surface area (Å²) in [4.78, 5) is 5.67. The zero-order valence-corrected chi connectivity index (χ0v) is 11.4. The van der Waals surface area contributed by atoms with E-state index in [0.717, 1.165) is 0 Å². The van der Waals surface area contributed by atoms with Crippen molar-refractivity contribution in [3.8, 4) is 0 Å². The van der Waals surface area contributed by atoms with Crippen LogP contribution in [0.4, 0.5) is 0 Å². The zero-order chi connectivity index (χ0) is 12.1. The Morgan fingerprint density at radius 1 is 0.882 bits per heavy atom. The SMILES string of the molecule is NC(=S)ON(C1CCCCC1)C1CCCCC1. The molecule has 98 valence electrons. The van der Waals surface area contributed by atoms with Gasteiger partial charge in [-0.25, -0.2) is 0 Å². The van der Waals surface area contributed by atoms with E-state index in [0.29, 0.717) is 12.1 Å². The van der Waals surface area contributed by atoms with Crippen LogP contribution in [-0.2, 0) is 4.84 Å². The first-order valence-corrected chi connectivity index (χ1v) is 7.44. The summed E-state index contributed by atoms with van der Waals surface area (Å²) in [6.07, 6.45) is 12.9. The number of hydroxylamine groups is 2. The van der Waals surface area contributed by atoms with E-state index in [1.54, 1.807) is 0 Å². The molecule has 0 spiro atoms. The molecule has 0 aromatic carbocycles. The van der Waals surface area contributed by atoms with Crippen molar-refractivity contribution in [1.82, 2.24) is 5.06 Å². The minimum atomic E-state index is 0.182. The van der Waals surface area contributed by atoms with Crippen molar-refractivity contribution in [3.05, 3.63) is 0 Å². The van der Waals surface area contributed by atoms with Gasteiger partial charge in [0.2, 0.25) is 0 Å². The molecule has 2 N–H and O–H groups in total. The molecule has 0 saturated heterocycles. The third-order valence-electron chi connectivity index (χ3n) is 4.06. The van der Waals surface area contributed by atoms with E-state index in [1.807, 2.05) is 0 Å². The van der Waals surface area contributed by atoms with Gasteiger partial charge >= 0.3 is 0 Å². The van der Waals surface area contributed by atoms with Crippen molar-refractivity contribution in [2.24, 2.45) is 5.73 Å². The molecule has 2 aliphatic rings. The number of hydrogen-bond acceptors (Lipinski definition) is 3. The van der Waals surface area contributed by atoms with Crippen LogP contribution >= 0.6 is 12.2 Å². The first-order valence-electron chi connectivity index (χ1n) is 7.03. The number of nitrogens with zero attached hydrogens (tertiary/aromatic N) is 1. The standard InChI is InChI=1S/C13H24N2OS/c14-13(17)16-15(11-7-3-1-4-8-11)12-9-5-2-6-10-12/h11-12H,1-10H2,(H2,14,17). The summed E-state index contributed by atoms with van der Waals surface area (Å²) in [5.41, 5.74) is 5.57. The maximum atomic E-state index is 5.67. The molecule has 0 radical (unpaired) electrons. The summed E-state index contributed by atoms with van der Waals surface area (Å²) < 4.78 is 0. The van der Waals surface area contributed by atoms with Crippen LogP contribution in [0.1, 0.15) is 64.2 Å². The molecular weight excluding hydrogens is 232 g/mol. The van der Waals surface area contributed by atoms with Crippen LogP contribution in [0.15, 0.2) is 0 Å². The van der Waals surface area contributed by atoms with Gasteiger partial charge < -0.3 is 10.6 Å². The Morgan fingerprint density at radius 3 is 1.65 bits per heavy atom. The number of rotatable bonds is 3. The topological polar surface area (TPSA) is 38.5 Å². The van der Waals surface area contributed by atoms with Gasteiger partial charge in [0.25, 0.3) is 5.17 Å². The number of hydrogen-bond donors (Lipinski definition) is 1. The lowest BCUT2D eigenvalue weighted by Crippen LogP contribution is -2.47. The Balaban J connectivity index is 1.97. The lowest BCUT2D eigenvalue weighted by Gasteiger charge is -2.39. The fourth-order valence-electron chi connectivity index (χ4n) is 3.22. The lowest BCUT2D eigenvalue weighted by atomic mass is 9.90. The van der Waals surface area contributed by atoms with Crippen molar-refractivity contribution in [3.63, 3.8) is 0 Å². The molecule has 0 atom stereocenters. The van der Waals surface area contributed by atoms with E-state index < -0.39 is 0 Å². The third kappa shape index (κ3) is 3.81. The van der Waals surface area contributed by atoms with Gasteiger partial charge in [0, 0.05) is 12.1 Å². The van der Waals surface area contributed by atoms with E-state index in [2.05, 4.69) is 5.06 Å². The van der Waals surface area contributed by atoms with Crippen molar-refractivity contribution >= 4 is 17.4 Å². The van der Waals surface area contributed by atoms with Crippen LogP contribution in [0.5, 0.6) is 0 Å². The first-order chi connectivity index (χ1) is 8.27. The molecule has 0 aromatic rings. The Morgan fingerprint density at radius 2 is 1.29 bits per heavy atom. The summed E-state index contributed by atoms with van der Waals surface area (Å²) in [6.45, 7) is 0. The van der Waals surface area contributed by atoms with Crippen LogP contribution in [0.3, 0.4) is 0 Å². The molecule has 0 aliphatic heterocycles. The number of nitrogens with two attached hydrogens (primary N) is 1. The largest absolute Gasteiger partial charge is 0.375 e. The molecule has 0 unspecified atom stereocenters. The summed E-state index contributed by atoms with van der Waals surface area (Å²) in [5, 5.41) is 2.34. The van der Waals surface area contributed by atoms with Crippen molar-refractivity contribution < 1.29 is 4.84 Å². The van der Waals surface area contributed by atoms with Gasteiger partial charge in [-0.05, 0) is 37.9 Å². The van der Waals surface area contributed by atoms with Gasteiger partial charge in [-0.2, -0.15) is 0 Å². The second-order valence-corrected chi connectivity index (χ2v) is 5.76. The normalized spacial score (nSPS) is 23.8. The van der Waals surface area contributed by atoms with Crippen molar-refractivity contribution in [2.75, 3.05) is 0 Å². The molecule has 2 fully saturated rings. The van der Waals surface area contributed by atoms with E-state index in [9.17, 15) is 0 Å². The highest BCUT2D eigenvalue weighted by Crippen LogP contribution is 2.30. The minimum Gasteiger partial charge on any atom is -0.375 e. The molecule has 0 bridgehead atoms. The van der Waals surface area contributed by atoms with Crippen molar-refractivity contribution in [1.29, 1.82) is 0 Å². The van der Waals surface area contributed by atoms with Gasteiger partial charge in [-0.1, -0.05) is 38.5 Å². The summed E-state index contributed by atoms with van der Waals surface area (Å²) in [7, 11) is 0. The van der Waals surface area contributed by atoms with Crippen LogP contribution < -0.4 is 5.73 Å². The molecule has 0 amide bonds. The molecular formula is C13H24N2OS. The Bertz CT molecular complexity index is 230. The highest BCUT2D eigenvalue weighted by molar-refractivity contribution is 7.79. The zero-order valence-electron chi connectivity index (χ0n) is 10.6. The van der Waals surface area contributed by atoms with Crippen molar-refractivity contribution in [2.45, 2.75) is 76.3 Å². The maximum absolute atomic E-state index is 5.67. The minimum absolute atomic E-state index is 0.182. The van der Waals surface area contributed by atoms with E-state index in [1.165, 1.54) is 64.2 Å². The lowest BCUT2D eigenvalue weighted by molar-refractivity contribution is -0.156. The van der Waals surface area contributed by atoms with Crippen LogP contribution in [0, 0.1) is 0 Å². The quantitative estimate of drug-likeness (QED) is 0.622. The molecule has 2 rings (SSSR count). The first kappa shape index (κ1) is 13.1.